The van der Waals surface area contributed by atoms with Crippen LogP contribution in [0.25, 0.3) is 0 Å². The molecule has 1 unspecified atom stereocenters. The SMILES string of the molecule is CC#CCCC1(O)CCCN(C)C1. The van der Waals surface area contributed by atoms with E-state index < -0.39 is 5.60 Å². The molecule has 0 aromatic heterocycles. The molecule has 0 spiro atoms. The molecule has 0 aromatic rings. The van der Waals surface area contributed by atoms with Crippen LogP contribution in [-0.2, 0) is 0 Å². The molecule has 0 radical (unpaired) electrons. The van der Waals surface area contributed by atoms with E-state index in [1.165, 1.54) is 0 Å². The molecule has 1 heterocycles. The molecule has 0 saturated carbocycles. The Bertz CT molecular complexity index is 216. The van der Waals surface area contributed by atoms with Crippen molar-refractivity contribution >= 4 is 0 Å². The van der Waals surface area contributed by atoms with Gasteiger partial charge in [-0.05, 0) is 39.8 Å². The van der Waals surface area contributed by atoms with Crippen molar-refractivity contribution in [3.63, 3.8) is 0 Å². The highest BCUT2D eigenvalue weighted by molar-refractivity contribution is 4.98. The molecule has 0 aromatic carbocycles. The van der Waals surface area contributed by atoms with Gasteiger partial charge < -0.3 is 10.0 Å². The molecule has 1 fully saturated rings. The van der Waals surface area contributed by atoms with Crippen molar-refractivity contribution in [2.45, 2.75) is 38.2 Å². The third-order valence-electron chi connectivity index (χ3n) is 2.64. The highest BCUT2D eigenvalue weighted by Gasteiger charge is 2.30. The van der Waals surface area contributed by atoms with Gasteiger partial charge in [0.1, 0.15) is 0 Å². The average molecular weight is 181 g/mol. The molecule has 1 atom stereocenters. The van der Waals surface area contributed by atoms with E-state index in [0.717, 1.165) is 38.8 Å². The summed E-state index contributed by atoms with van der Waals surface area (Å²) in [6.07, 6.45) is 3.67. The second-order valence-electron chi connectivity index (χ2n) is 3.99. The first-order valence-electron chi connectivity index (χ1n) is 4.97. The molecule has 1 rings (SSSR count). The third kappa shape index (κ3) is 3.38. The van der Waals surface area contributed by atoms with Crippen molar-refractivity contribution in [3.05, 3.63) is 0 Å². The normalized spacial score (nSPS) is 29.5. The molecular weight excluding hydrogens is 162 g/mol. The quantitative estimate of drug-likeness (QED) is 0.648. The Labute approximate surface area is 80.9 Å². The van der Waals surface area contributed by atoms with Crippen molar-refractivity contribution in [1.82, 2.24) is 4.90 Å². The summed E-state index contributed by atoms with van der Waals surface area (Å²) in [6, 6.07) is 0. The van der Waals surface area contributed by atoms with Gasteiger partial charge in [-0.1, -0.05) is 0 Å². The van der Waals surface area contributed by atoms with Crippen molar-refractivity contribution < 1.29 is 5.11 Å². The number of likely N-dealkylation sites (tertiary alicyclic amines) is 1. The zero-order valence-electron chi connectivity index (χ0n) is 8.64. The van der Waals surface area contributed by atoms with Gasteiger partial charge in [-0.3, -0.25) is 0 Å². The number of hydrogen-bond acceptors (Lipinski definition) is 2. The van der Waals surface area contributed by atoms with E-state index in [4.69, 9.17) is 0 Å². The van der Waals surface area contributed by atoms with Crippen LogP contribution in [0.4, 0.5) is 0 Å². The fraction of sp³-hybridized carbons (Fsp3) is 0.818. The minimum atomic E-state index is -0.475. The van der Waals surface area contributed by atoms with Crippen LogP contribution in [0.2, 0.25) is 0 Å². The van der Waals surface area contributed by atoms with Crippen LogP contribution in [0.5, 0.6) is 0 Å². The minimum absolute atomic E-state index is 0.475. The predicted molar refractivity (Wildman–Crippen MR) is 54.4 cm³/mol. The van der Waals surface area contributed by atoms with E-state index in [1.807, 2.05) is 6.92 Å². The Morgan fingerprint density at radius 1 is 1.54 bits per heavy atom. The maximum atomic E-state index is 10.2. The summed E-state index contributed by atoms with van der Waals surface area (Å²) >= 11 is 0. The molecule has 1 saturated heterocycles. The summed E-state index contributed by atoms with van der Waals surface area (Å²) in [4.78, 5) is 2.20. The number of rotatable bonds is 2. The molecule has 0 aliphatic carbocycles. The molecule has 1 N–H and O–H groups in total. The lowest BCUT2D eigenvalue weighted by Gasteiger charge is -2.37. The van der Waals surface area contributed by atoms with Crippen LogP contribution < -0.4 is 0 Å². The van der Waals surface area contributed by atoms with Gasteiger partial charge >= 0.3 is 0 Å². The van der Waals surface area contributed by atoms with Gasteiger partial charge in [-0.2, -0.15) is 0 Å². The molecule has 2 nitrogen and oxygen atoms in total. The third-order valence-corrected chi connectivity index (χ3v) is 2.64. The van der Waals surface area contributed by atoms with Gasteiger partial charge in [0.2, 0.25) is 0 Å². The molecule has 0 bridgehead atoms. The number of aliphatic hydroxyl groups is 1. The van der Waals surface area contributed by atoms with E-state index in [2.05, 4.69) is 23.8 Å². The molecule has 1 aliphatic rings. The number of β-amino-alcohol motifs (C(OH)–C–C–N with tert-alkyl or cyclic N) is 1. The molecule has 13 heavy (non-hydrogen) atoms. The number of piperidine rings is 1. The summed E-state index contributed by atoms with van der Waals surface area (Å²) < 4.78 is 0. The Morgan fingerprint density at radius 3 is 2.92 bits per heavy atom. The number of nitrogens with zero attached hydrogens (tertiary/aromatic N) is 1. The van der Waals surface area contributed by atoms with Crippen LogP contribution >= 0.6 is 0 Å². The zero-order valence-corrected chi connectivity index (χ0v) is 8.64. The largest absolute Gasteiger partial charge is 0.389 e. The molecule has 0 amide bonds. The molecule has 74 valence electrons. The van der Waals surface area contributed by atoms with Crippen LogP contribution in [-0.4, -0.2) is 35.7 Å². The van der Waals surface area contributed by atoms with E-state index in [9.17, 15) is 5.11 Å². The lowest BCUT2D eigenvalue weighted by Crippen LogP contribution is -2.46. The van der Waals surface area contributed by atoms with Crippen LogP contribution in [0, 0.1) is 11.8 Å². The average Bonchev–Trinajstić information content (AvgIpc) is 2.04. The van der Waals surface area contributed by atoms with E-state index in [0.29, 0.717) is 0 Å². The van der Waals surface area contributed by atoms with Gasteiger partial charge in [0, 0.05) is 13.0 Å². The summed E-state index contributed by atoms with van der Waals surface area (Å²) in [5, 5.41) is 10.2. The second kappa shape index (κ2) is 4.64. The highest BCUT2D eigenvalue weighted by atomic mass is 16.3. The topological polar surface area (TPSA) is 23.5 Å². The second-order valence-corrected chi connectivity index (χ2v) is 3.99. The van der Waals surface area contributed by atoms with Crippen LogP contribution in [0.15, 0.2) is 0 Å². The Balaban J connectivity index is 2.38. The van der Waals surface area contributed by atoms with Crippen molar-refractivity contribution in [2.75, 3.05) is 20.1 Å². The van der Waals surface area contributed by atoms with Crippen LogP contribution in [0.3, 0.4) is 0 Å². The Hall–Kier alpha value is -0.520. The van der Waals surface area contributed by atoms with Gasteiger partial charge in [0.15, 0.2) is 0 Å². The first-order valence-corrected chi connectivity index (χ1v) is 4.97. The summed E-state index contributed by atoms with van der Waals surface area (Å²) in [6.45, 7) is 3.76. The van der Waals surface area contributed by atoms with Gasteiger partial charge in [0.25, 0.3) is 0 Å². The van der Waals surface area contributed by atoms with Crippen molar-refractivity contribution in [1.29, 1.82) is 0 Å². The summed E-state index contributed by atoms with van der Waals surface area (Å²) in [5.41, 5.74) is -0.475. The lowest BCUT2D eigenvalue weighted by molar-refractivity contribution is -0.0282. The minimum Gasteiger partial charge on any atom is -0.389 e. The maximum Gasteiger partial charge on any atom is 0.0783 e. The maximum absolute atomic E-state index is 10.2. The monoisotopic (exact) mass is 181 g/mol. The van der Waals surface area contributed by atoms with Gasteiger partial charge in [0.05, 0.1) is 5.60 Å². The van der Waals surface area contributed by atoms with Gasteiger partial charge in [-0.15, -0.1) is 11.8 Å². The lowest BCUT2D eigenvalue weighted by atomic mass is 9.89. The first kappa shape index (κ1) is 10.6. The number of hydrogen-bond donors (Lipinski definition) is 1. The van der Waals surface area contributed by atoms with Crippen molar-refractivity contribution in [2.24, 2.45) is 0 Å². The standard InChI is InChI=1S/C11H19NO/c1-3-4-5-7-11(13)8-6-9-12(2)10-11/h13H,5-10H2,1-2H3. The molecular formula is C11H19NO. The van der Waals surface area contributed by atoms with Gasteiger partial charge in [-0.25, -0.2) is 0 Å². The smallest absolute Gasteiger partial charge is 0.0783 e. The predicted octanol–water partition coefficient (Wildman–Crippen LogP) is 1.25. The van der Waals surface area contributed by atoms with Crippen LogP contribution in [0.1, 0.15) is 32.6 Å². The highest BCUT2D eigenvalue weighted by Crippen LogP contribution is 2.24. The van der Waals surface area contributed by atoms with E-state index >= 15 is 0 Å². The fourth-order valence-electron chi connectivity index (χ4n) is 1.96. The summed E-state index contributed by atoms with van der Waals surface area (Å²) in [7, 11) is 2.07. The number of likely N-dealkylation sites (N-methyl/N-ethyl adjacent to an activating group) is 1. The van der Waals surface area contributed by atoms with E-state index in [-0.39, 0.29) is 0 Å². The first-order chi connectivity index (χ1) is 6.16. The zero-order chi connectivity index (χ0) is 9.73. The van der Waals surface area contributed by atoms with Crippen molar-refractivity contribution in [3.8, 4) is 11.8 Å². The molecule has 2 heteroatoms. The fourth-order valence-corrected chi connectivity index (χ4v) is 1.96. The molecule has 1 aliphatic heterocycles. The Kier molecular flexibility index (Phi) is 3.77. The summed E-state index contributed by atoms with van der Waals surface area (Å²) in [5.74, 6) is 5.87. The van der Waals surface area contributed by atoms with E-state index in [1.54, 1.807) is 0 Å². The Morgan fingerprint density at radius 2 is 2.31 bits per heavy atom.